The quantitative estimate of drug-likeness (QED) is 0.244. The van der Waals surface area contributed by atoms with E-state index < -0.39 is 0 Å². The summed E-state index contributed by atoms with van der Waals surface area (Å²) in [6.07, 6.45) is 0. The molecule has 0 atom stereocenters. The minimum absolute atomic E-state index is 0. The Labute approximate surface area is 213 Å². The van der Waals surface area contributed by atoms with Crippen LogP contribution in [0.25, 0.3) is 0 Å². The Morgan fingerprint density at radius 3 is 2.12 bits per heavy atom. The van der Waals surface area contributed by atoms with E-state index in [1.54, 1.807) is 26.0 Å². The van der Waals surface area contributed by atoms with Gasteiger partial charge in [-0.3, -0.25) is 9.79 Å². The average Bonchev–Trinajstić information content (AvgIpc) is 2.81. The molecule has 0 bridgehead atoms. The third-order valence-electron chi connectivity index (χ3n) is 5.02. The van der Waals surface area contributed by atoms with Crippen molar-refractivity contribution < 1.29 is 9.53 Å². The summed E-state index contributed by atoms with van der Waals surface area (Å²) in [5, 5.41) is 6.65. The zero-order valence-corrected chi connectivity index (χ0v) is 21.8. The monoisotopic (exact) mass is 558 g/mol. The summed E-state index contributed by atoms with van der Waals surface area (Å²) in [5.74, 6) is 2.34. The summed E-state index contributed by atoms with van der Waals surface area (Å²) < 4.78 is 6.15. The van der Waals surface area contributed by atoms with Crippen molar-refractivity contribution in [2.45, 2.75) is 20.0 Å². The maximum Gasteiger partial charge on any atom is 0.253 e. The van der Waals surface area contributed by atoms with Crippen LogP contribution < -0.4 is 15.4 Å². The topological polar surface area (TPSA) is 66.0 Å². The Morgan fingerprint density at radius 2 is 1.48 bits per heavy atom. The molecule has 0 heterocycles. The van der Waals surface area contributed by atoms with Crippen LogP contribution in [-0.4, -0.2) is 37.9 Å². The van der Waals surface area contributed by atoms with Crippen molar-refractivity contribution in [3.05, 3.63) is 95.1 Å². The second kappa shape index (κ2) is 12.8. The molecule has 0 spiro atoms. The van der Waals surface area contributed by atoms with Gasteiger partial charge in [-0.1, -0.05) is 48.5 Å². The van der Waals surface area contributed by atoms with Gasteiger partial charge in [0.2, 0.25) is 0 Å². The van der Waals surface area contributed by atoms with Crippen molar-refractivity contribution in [3.63, 3.8) is 0 Å². The molecule has 6 nitrogen and oxygen atoms in total. The molecule has 2 N–H and O–H groups in total. The predicted octanol–water partition coefficient (Wildman–Crippen LogP) is 4.97. The minimum atomic E-state index is -0.00596. The highest BCUT2D eigenvalue weighted by atomic mass is 127. The first-order valence-electron chi connectivity index (χ1n) is 10.5. The Morgan fingerprint density at radius 1 is 0.879 bits per heavy atom. The van der Waals surface area contributed by atoms with Crippen molar-refractivity contribution in [3.8, 4) is 11.5 Å². The highest BCUT2D eigenvalue weighted by Gasteiger charge is 2.09. The predicted molar refractivity (Wildman–Crippen MR) is 145 cm³/mol. The van der Waals surface area contributed by atoms with Crippen LogP contribution in [0.1, 0.15) is 27.0 Å². The van der Waals surface area contributed by atoms with Crippen LogP contribution in [0.2, 0.25) is 0 Å². The van der Waals surface area contributed by atoms with Crippen LogP contribution in [0.5, 0.6) is 11.5 Å². The van der Waals surface area contributed by atoms with Gasteiger partial charge >= 0.3 is 0 Å². The van der Waals surface area contributed by atoms with Gasteiger partial charge in [0, 0.05) is 45.4 Å². The number of benzene rings is 3. The van der Waals surface area contributed by atoms with Crippen LogP contribution in [-0.2, 0) is 13.1 Å². The number of hydrogen-bond acceptors (Lipinski definition) is 3. The Hall–Kier alpha value is -3.07. The van der Waals surface area contributed by atoms with Crippen LogP contribution in [0.3, 0.4) is 0 Å². The van der Waals surface area contributed by atoms with Gasteiger partial charge in [-0.25, -0.2) is 0 Å². The molecule has 3 rings (SSSR count). The molecule has 3 aromatic rings. The number of rotatable bonds is 7. The number of carbonyl (C=O) groups excluding carboxylic acids is 1. The molecule has 174 valence electrons. The van der Waals surface area contributed by atoms with Crippen molar-refractivity contribution in [1.29, 1.82) is 0 Å². The molecule has 0 fully saturated rings. The van der Waals surface area contributed by atoms with E-state index in [9.17, 15) is 4.79 Å². The van der Waals surface area contributed by atoms with E-state index in [0.29, 0.717) is 24.6 Å². The summed E-state index contributed by atoms with van der Waals surface area (Å²) in [6.45, 7) is 3.19. The fourth-order valence-corrected chi connectivity index (χ4v) is 3.15. The molecule has 0 aliphatic rings. The van der Waals surface area contributed by atoms with Gasteiger partial charge in [0.25, 0.3) is 5.91 Å². The summed E-state index contributed by atoms with van der Waals surface area (Å²) in [7, 11) is 5.24. The lowest BCUT2D eigenvalue weighted by molar-refractivity contribution is 0.0827. The van der Waals surface area contributed by atoms with Crippen molar-refractivity contribution >= 4 is 35.8 Å². The maximum absolute atomic E-state index is 12.0. The first-order valence-corrected chi connectivity index (χ1v) is 10.5. The highest BCUT2D eigenvalue weighted by Crippen LogP contribution is 2.27. The lowest BCUT2D eigenvalue weighted by Gasteiger charge is -2.16. The Bertz CT molecular complexity index is 1080. The van der Waals surface area contributed by atoms with Gasteiger partial charge < -0.3 is 20.3 Å². The molecule has 0 saturated carbocycles. The fourth-order valence-electron chi connectivity index (χ4n) is 3.15. The van der Waals surface area contributed by atoms with Gasteiger partial charge in [0.05, 0.1) is 0 Å². The van der Waals surface area contributed by atoms with Crippen LogP contribution in [0.15, 0.2) is 77.8 Å². The van der Waals surface area contributed by atoms with Crippen LogP contribution in [0.4, 0.5) is 0 Å². The molecule has 0 aliphatic heterocycles. The zero-order chi connectivity index (χ0) is 22.9. The summed E-state index contributed by atoms with van der Waals surface area (Å²) in [5.41, 5.74) is 3.86. The molecular weight excluding hydrogens is 527 g/mol. The molecule has 0 unspecified atom stereocenters. The lowest BCUT2D eigenvalue weighted by Crippen LogP contribution is -2.36. The van der Waals surface area contributed by atoms with Crippen molar-refractivity contribution in [2.75, 3.05) is 21.1 Å². The standard InChI is InChI=1S/C26H30N4O2.HI/c1-19-9-5-7-11-23(19)32-24-12-8-6-10-22(24)18-29-26(27-2)28-17-20-13-15-21(16-14-20)25(31)30(3)4;/h5-16H,17-18H2,1-4H3,(H2,27,28,29);1H. The smallest absolute Gasteiger partial charge is 0.253 e. The van der Waals surface area contributed by atoms with Crippen LogP contribution >= 0.6 is 24.0 Å². The van der Waals surface area contributed by atoms with Gasteiger partial charge in [-0.05, 0) is 42.3 Å². The Balaban J connectivity index is 0.00000385. The number of guanidine groups is 1. The summed E-state index contributed by atoms with van der Waals surface area (Å²) >= 11 is 0. The third kappa shape index (κ3) is 7.49. The minimum Gasteiger partial charge on any atom is -0.457 e. The number of aliphatic imine (C=N–C) groups is 1. The number of hydrogen-bond donors (Lipinski definition) is 2. The second-order valence-corrected chi connectivity index (χ2v) is 7.65. The average molecular weight is 558 g/mol. The molecule has 7 heteroatoms. The largest absolute Gasteiger partial charge is 0.457 e. The van der Waals surface area contributed by atoms with E-state index in [2.05, 4.69) is 15.6 Å². The highest BCUT2D eigenvalue weighted by molar-refractivity contribution is 14.0. The van der Waals surface area contributed by atoms with E-state index in [-0.39, 0.29) is 29.9 Å². The van der Waals surface area contributed by atoms with Gasteiger partial charge in [0.1, 0.15) is 11.5 Å². The van der Waals surface area contributed by atoms with Crippen molar-refractivity contribution in [2.24, 2.45) is 4.99 Å². The number of nitrogens with zero attached hydrogens (tertiary/aromatic N) is 2. The molecule has 3 aromatic carbocycles. The van der Waals surface area contributed by atoms with E-state index in [0.717, 1.165) is 28.2 Å². The SMILES string of the molecule is CN=C(NCc1ccc(C(=O)N(C)C)cc1)NCc1ccccc1Oc1ccccc1C.I. The van der Waals surface area contributed by atoms with E-state index in [4.69, 9.17) is 4.74 Å². The maximum atomic E-state index is 12.0. The Kier molecular flexibility index (Phi) is 10.2. The van der Waals surface area contributed by atoms with Crippen molar-refractivity contribution in [1.82, 2.24) is 15.5 Å². The molecule has 1 amide bonds. The molecule has 0 saturated heterocycles. The lowest BCUT2D eigenvalue weighted by atomic mass is 10.1. The molecule has 0 aromatic heterocycles. The number of carbonyl (C=O) groups is 1. The van der Waals surface area contributed by atoms with E-state index in [1.807, 2.05) is 79.7 Å². The van der Waals surface area contributed by atoms with Gasteiger partial charge in [0.15, 0.2) is 5.96 Å². The van der Waals surface area contributed by atoms with E-state index >= 15 is 0 Å². The second-order valence-electron chi connectivity index (χ2n) is 7.65. The molecule has 0 radical (unpaired) electrons. The number of halogens is 1. The number of amides is 1. The number of para-hydroxylation sites is 2. The van der Waals surface area contributed by atoms with Gasteiger partial charge in [-0.2, -0.15) is 0 Å². The van der Waals surface area contributed by atoms with Gasteiger partial charge in [-0.15, -0.1) is 24.0 Å². The van der Waals surface area contributed by atoms with E-state index in [1.165, 1.54) is 0 Å². The number of nitrogens with one attached hydrogen (secondary N) is 2. The fraction of sp³-hybridized carbons (Fsp3) is 0.231. The normalized spacial score (nSPS) is 10.7. The third-order valence-corrected chi connectivity index (χ3v) is 5.02. The number of ether oxygens (including phenoxy) is 1. The van der Waals surface area contributed by atoms with Crippen LogP contribution in [0, 0.1) is 6.92 Å². The molecule has 33 heavy (non-hydrogen) atoms. The number of aryl methyl sites for hydroxylation is 1. The first kappa shape index (κ1) is 26.2. The molecular formula is C26H31IN4O2. The first-order chi connectivity index (χ1) is 15.5. The zero-order valence-electron chi connectivity index (χ0n) is 19.5. The molecule has 0 aliphatic carbocycles. The summed E-state index contributed by atoms with van der Waals surface area (Å²) in [4.78, 5) is 17.9. The summed E-state index contributed by atoms with van der Waals surface area (Å²) in [6, 6.07) is 23.5.